The highest BCUT2D eigenvalue weighted by Gasteiger charge is 2.35. The number of carbonyl (C=O) groups is 2. The first kappa shape index (κ1) is 32.5. The van der Waals surface area contributed by atoms with Crippen LogP contribution in [0.15, 0.2) is 71.6 Å². The maximum absolute atomic E-state index is 14.3. The van der Waals surface area contributed by atoms with Crippen molar-refractivity contribution < 1.29 is 27.5 Å². The van der Waals surface area contributed by atoms with Gasteiger partial charge in [-0.25, -0.2) is 8.42 Å². The lowest BCUT2D eigenvalue weighted by molar-refractivity contribution is -0.140. The largest absolute Gasteiger partial charge is 0.497 e. The van der Waals surface area contributed by atoms with Gasteiger partial charge in [-0.2, -0.15) is 0 Å². The minimum absolute atomic E-state index is 0.0144. The van der Waals surface area contributed by atoms with Crippen molar-refractivity contribution in [1.29, 1.82) is 0 Å². The number of nitrogens with one attached hydrogen (secondary N) is 1. The Balaban J connectivity index is 2.16. The van der Waals surface area contributed by atoms with Crippen molar-refractivity contribution in [1.82, 2.24) is 10.2 Å². The van der Waals surface area contributed by atoms with E-state index in [9.17, 15) is 18.0 Å². The van der Waals surface area contributed by atoms with Crippen LogP contribution in [-0.4, -0.2) is 58.0 Å². The van der Waals surface area contributed by atoms with Gasteiger partial charge in [-0.05, 0) is 63.9 Å². The number of carbonyl (C=O) groups excluding carboxylic acids is 2. The summed E-state index contributed by atoms with van der Waals surface area (Å²) in [5.41, 5.74) is 2.86. The summed E-state index contributed by atoms with van der Waals surface area (Å²) in [7, 11) is -1.36. The molecule has 42 heavy (non-hydrogen) atoms. The minimum Gasteiger partial charge on any atom is -0.497 e. The molecule has 0 aromatic heterocycles. The van der Waals surface area contributed by atoms with Gasteiger partial charge in [0, 0.05) is 18.7 Å². The second kappa shape index (κ2) is 14.2. The number of benzene rings is 3. The average molecular weight is 596 g/mol. The van der Waals surface area contributed by atoms with E-state index in [4.69, 9.17) is 9.47 Å². The fourth-order valence-corrected chi connectivity index (χ4v) is 6.07. The number of methoxy groups -OCH3 is 2. The molecule has 9 nitrogen and oxygen atoms in total. The topological polar surface area (TPSA) is 105 Å². The van der Waals surface area contributed by atoms with E-state index in [1.807, 2.05) is 58.9 Å². The molecule has 0 aliphatic rings. The smallest absolute Gasteiger partial charge is 0.264 e. The number of sulfonamides is 1. The van der Waals surface area contributed by atoms with Crippen molar-refractivity contribution in [2.24, 2.45) is 0 Å². The lowest BCUT2D eigenvalue weighted by Gasteiger charge is -2.34. The lowest BCUT2D eigenvalue weighted by Crippen LogP contribution is -2.53. The van der Waals surface area contributed by atoms with Gasteiger partial charge in [0.25, 0.3) is 10.0 Å². The zero-order valence-corrected chi connectivity index (χ0v) is 26.2. The molecule has 10 heteroatoms. The number of nitrogens with zero attached hydrogens (tertiary/aromatic N) is 2. The Kier molecular flexibility index (Phi) is 11.0. The van der Waals surface area contributed by atoms with Crippen LogP contribution in [0.5, 0.6) is 11.5 Å². The molecule has 226 valence electrons. The zero-order valence-electron chi connectivity index (χ0n) is 25.4. The lowest BCUT2D eigenvalue weighted by atomic mass is 10.1. The predicted molar refractivity (Wildman–Crippen MR) is 164 cm³/mol. The normalized spacial score (nSPS) is 12.0. The number of hydrogen-bond acceptors (Lipinski definition) is 6. The standard InChI is InChI=1S/C32H41N3O6S/c1-8-28(32(37)33-22(2)3)34(20-25-11-9-10-24(5)18-25)31(36)21-35(29-19-26(40-6)14-17-30(29)41-7)42(38,39)27-15-12-23(4)13-16-27/h9-19,22,28H,8,20-21H2,1-7H3,(H,33,37). The van der Waals surface area contributed by atoms with Crippen LogP contribution in [0.3, 0.4) is 0 Å². The van der Waals surface area contributed by atoms with Gasteiger partial charge in [0.15, 0.2) is 0 Å². The van der Waals surface area contributed by atoms with Crippen LogP contribution in [-0.2, 0) is 26.2 Å². The minimum atomic E-state index is -4.26. The van der Waals surface area contributed by atoms with E-state index in [1.54, 1.807) is 24.3 Å². The van der Waals surface area contributed by atoms with Gasteiger partial charge in [-0.3, -0.25) is 13.9 Å². The van der Waals surface area contributed by atoms with Crippen molar-refractivity contribution in [3.63, 3.8) is 0 Å². The van der Waals surface area contributed by atoms with Crippen molar-refractivity contribution in [3.05, 3.63) is 83.4 Å². The molecule has 1 N–H and O–H groups in total. The summed E-state index contributed by atoms with van der Waals surface area (Å²) in [4.78, 5) is 29.0. The highest BCUT2D eigenvalue weighted by atomic mass is 32.2. The number of amides is 2. The molecular weight excluding hydrogens is 554 g/mol. The van der Waals surface area contributed by atoms with E-state index in [-0.39, 0.29) is 34.8 Å². The van der Waals surface area contributed by atoms with E-state index in [0.717, 1.165) is 21.0 Å². The third-order valence-electron chi connectivity index (χ3n) is 6.79. The number of ether oxygens (including phenoxy) is 2. The van der Waals surface area contributed by atoms with Crippen LogP contribution >= 0.6 is 0 Å². The molecule has 0 heterocycles. The Morgan fingerprint density at radius 2 is 1.60 bits per heavy atom. The molecule has 3 aromatic rings. The van der Waals surface area contributed by atoms with Crippen LogP contribution in [0.2, 0.25) is 0 Å². The van der Waals surface area contributed by atoms with Gasteiger partial charge in [0.05, 0.1) is 24.8 Å². The van der Waals surface area contributed by atoms with Gasteiger partial charge in [-0.1, -0.05) is 54.4 Å². The molecule has 3 aromatic carbocycles. The van der Waals surface area contributed by atoms with E-state index in [0.29, 0.717) is 12.2 Å². The van der Waals surface area contributed by atoms with Crippen LogP contribution in [0.25, 0.3) is 0 Å². The number of hydrogen-bond donors (Lipinski definition) is 1. The third-order valence-corrected chi connectivity index (χ3v) is 8.57. The summed E-state index contributed by atoms with van der Waals surface area (Å²) in [5.74, 6) is -0.209. The molecule has 3 rings (SSSR count). The molecule has 0 bridgehead atoms. The van der Waals surface area contributed by atoms with Crippen molar-refractivity contribution in [2.75, 3.05) is 25.1 Å². The molecule has 1 atom stereocenters. The molecule has 0 spiro atoms. The third kappa shape index (κ3) is 7.82. The summed E-state index contributed by atoms with van der Waals surface area (Å²) in [6.45, 7) is 8.88. The summed E-state index contributed by atoms with van der Waals surface area (Å²) in [6.07, 6.45) is 0.337. The number of anilines is 1. The van der Waals surface area contributed by atoms with Crippen molar-refractivity contribution >= 4 is 27.5 Å². The van der Waals surface area contributed by atoms with Crippen LogP contribution in [0.1, 0.15) is 43.9 Å². The van der Waals surface area contributed by atoms with Crippen LogP contribution in [0.4, 0.5) is 5.69 Å². The summed E-state index contributed by atoms with van der Waals surface area (Å²) in [5, 5.41) is 2.90. The Labute approximate surface area is 249 Å². The second-order valence-corrected chi connectivity index (χ2v) is 12.3. The van der Waals surface area contributed by atoms with Crippen LogP contribution < -0.4 is 19.1 Å². The quantitative estimate of drug-likeness (QED) is 0.303. The monoisotopic (exact) mass is 595 g/mol. The summed E-state index contributed by atoms with van der Waals surface area (Å²) >= 11 is 0. The average Bonchev–Trinajstić information content (AvgIpc) is 2.95. The molecule has 0 aliphatic carbocycles. The highest BCUT2D eigenvalue weighted by Crippen LogP contribution is 2.36. The van der Waals surface area contributed by atoms with Crippen molar-refractivity contribution in [3.8, 4) is 11.5 Å². The maximum Gasteiger partial charge on any atom is 0.264 e. The van der Waals surface area contributed by atoms with E-state index < -0.39 is 28.5 Å². The van der Waals surface area contributed by atoms with E-state index >= 15 is 0 Å². The second-order valence-electron chi connectivity index (χ2n) is 10.5. The molecule has 0 saturated carbocycles. The van der Waals surface area contributed by atoms with Gasteiger partial charge in [0.1, 0.15) is 24.1 Å². The Morgan fingerprint density at radius 1 is 0.905 bits per heavy atom. The number of aryl methyl sites for hydroxylation is 2. The first-order valence-corrected chi connectivity index (χ1v) is 15.3. The Hall–Kier alpha value is -4.05. The fraction of sp³-hybridized carbons (Fsp3) is 0.375. The predicted octanol–water partition coefficient (Wildman–Crippen LogP) is 4.85. The van der Waals surface area contributed by atoms with Gasteiger partial charge in [-0.15, -0.1) is 0 Å². The zero-order chi connectivity index (χ0) is 31.0. The van der Waals surface area contributed by atoms with E-state index in [1.165, 1.54) is 37.3 Å². The van der Waals surface area contributed by atoms with Crippen molar-refractivity contribution in [2.45, 2.75) is 64.6 Å². The van der Waals surface area contributed by atoms with Gasteiger partial charge >= 0.3 is 0 Å². The maximum atomic E-state index is 14.3. The first-order chi connectivity index (χ1) is 19.9. The molecule has 0 aliphatic heterocycles. The fourth-order valence-electron chi connectivity index (χ4n) is 4.65. The molecular formula is C32H41N3O6S. The molecule has 1 unspecified atom stereocenters. The molecule has 0 radical (unpaired) electrons. The van der Waals surface area contributed by atoms with Crippen LogP contribution in [0, 0.1) is 13.8 Å². The molecule has 2 amide bonds. The Morgan fingerprint density at radius 3 is 2.17 bits per heavy atom. The summed E-state index contributed by atoms with van der Waals surface area (Å²) in [6, 6.07) is 17.9. The Bertz CT molecular complexity index is 1490. The first-order valence-electron chi connectivity index (χ1n) is 13.9. The highest BCUT2D eigenvalue weighted by molar-refractivity contribution is 7.92. The van der Waals surface area contributed by atoms with Gasteiger partial charge < -0.3 is 19.7 Å². The molecule has 0 saturated heterocycles. The SMILES string of the molecule is CCC(C(=O)NC(C)C)N(Cc1cccc(C)c1)C(=O)CN(c1cc(OC)ccc1OC)S(=O)(=O)c1ccc(C)cc1. The molecule has 0 fully saturated rings. The van der Waals surface area contributed by atoms with E-state index in [2.05, 4.69) is 5.32 Å². The summed E-state index contributed by atoms with van der Waals surface area (Å²) < 4.78 is 40.3. The number of rotatable bonds is 13. The van der Waals surface area contributed by atoms with Gasteiger partial charge in [0.2, 0.25) is 11.8 Å².